The van der Waals surface area contributed by atoms with Gasteiger partial charge in [-0.1, -0.05) is 18.2 Å². The number of aliphatic hydroxyl groups excluding tert-OH is 1. The minimum Gasteiger partial charge on any atom is -0.505 e. The summed E-state index contributed by atoms with van der Waals surface area (Å²) in [7, 11) is 0. The second-order valence-corrected chi connectivity index (χ2v) is 4.10. The van der Waals surface area contributed by atoms with Crippen molar-refractivity contribution in [2.45, 2.75) is 6.04 Å². The van der Waals surface area contributed by atoms with E-state index in [0.717, 1.165) is 0 Å². The second kappa shape index (κ2) is 5.54. The molecule has 1 amide bonds. The summed E-state index contributed by atoms with van der Waals surface area (Å²) in [5.41, 5.74) is 0.203. The molecule has 1 atom stereocenters. The van der Waals surface area contributed by atoms with Gasteiger partial charge >= 0.3 is 5.97 Å². The van der Waals surface area contributed by atoms with Crippen LogP contribution in [-0.4, -0.2) is 44.8 Å². The number of carboxylic acid groups (broad SMARTS) is 1. The quantitative estimate of drug-likeness (QED) is 0.629. The van der Waals surface area contributed by atoms with Crippen molar-refractivity contribution >= 4 is 22.8 Å². The van der Waals surface area contributed by atoms with Crippen LogP contribution in [0, 0.1) is 0 Å². The molecule has 7 nitrogen and oxygen atoms in total. The monoisotopic (exact) mass is 276 g/mol. The summed E-state index contributed by atoms with van der Waals surface area (Å²) < 4.78 is 0. The number of hydrogen-bond acceptors (Lipinski definition) is 5. The number of aromatic nitrogens is 1. The molecule has 104 valence electrons. The van der Waals surface area contributed by atoms with Crippen LogP contribution >= 0.6 is 0 Å². The Kier molecular flexibility index (Phi) is 3.81. The van der Waals surface area contributed by atoms with Crippen molar-refractivity contribution in [2.24, 2.45) is 0 Å². The van der Waals surface area contributed by atoms with Crippen molar-refractivity contribution in [3.8, 4) is 5.75 Å². The predicted octanol–water partition coefficient (Wildman–Crippen LogP) is 0.116. The van der Waals surface area contributed by atoms with Crippen LogP contribution in [0.25, 0.3) is 10.9 Å². The molecule has 4 N–H and O–H groups in total. The van der Waals surface area contributed by atoms with Gasteiger partial charge in [-0.15, -0.1) is 0 Å². The summed E-state index contributed by atoms with van der Waals surface area (Å²) in [4.78, 5) is 26.6. The minimum absolute atomic E-state index is 0.289. The van der Waals surface area contributed by atoms with Gasteiger partial charge in [0.05, 0.1) is 12.1 Å². The highest BCUT2D eigenvalue weighted by Crippen LogP contribution is 2.21. The molecule has 0 radical (unpaired) electrons. The number of aromatic hydroxyl groups is 1. The number of rotatable bonds is 4. The molecule has 1 aromatic heterocycles. The van der Waals surface area contributed by atoms with Gasteiger partial charge in [-0.05, 0) is 12.1 Å². The Morgan fingerprint density at radius 3 is 2.65 bits per heavy atom. The SMILES string of the molecule is O=C(NC(CO)C(=O)O)c1nc2ccccc2cc1O. The Bertz CT molecular complexity index is 671. The van der Waals surface area contributed by atoms with E-state index in [0.29, 0.717) is 10.9 Å². The zero-order chi connectivity index (χ0) is 14.7. The molecule has 0 aliphatic rings. The Morgan fingerprint density at radius 2 is 2.00 bits per heavy atom. The zero-order valence-electron chi connectivity index (χ0n) is 10.3. The Balaban J connectivity index is 2.34. The number of carbonyl (C=O) groups is 2. The Hall–Kier alpha value is -2.67. The Morgan fingerprint density at radius 1 is 1.30 bits per heavy atom. The highest BCUT2D eigenvalue weighted by atomic mass is 16.4. The van der Waals surface area contributed by atoms with Gasteiger partial charge in [-0.2, -0.15) is 0 Å². The Labute approximate surface area is 113 Å². The molecule has 0 fully saturated rings. The van der Waals surface area contributed by atoms with Gasteiger partial charge in [-0.3, -0.25) is 4.79 Å². The molecule has 0 saturated carbocycles. The van der Waals surface area contributed by atoms with Crippen LogP contribution in [0.15, 0.2) is 30.3 Å². The standard InChI is InChI=1S/C13H12N2O5/c16-6-9(13(19)20)15-12(18)11-10(17)5-7-3-1-2-4-8(7)14-11/h1-5,9,16-17H,6H2,(H,15,18)(H,19,20). The second-order valence-electron chi connectivity index (χ2n) is 4.10. The molecule has 2 aromatic rings. The summed E-state index contributed by atoms with van der Waals surface area (Å²) in [5, 5.41) is 30.1. The fourth-order valence-electron chi connectivity index (χ4n) is 1.68. The van der Waals surface area contributed by atoms with Crippen molar-refractivity contribution in [3.63, 3.8) is 0 Å². The van der Waals surface area contributed by atoms with Crippen LogP contribution in [-0.2, 0) is 4.79 Å². The fourth-order valence-corrected chi connectivity index (χ4v) is 1.68. The molecule has 1 heterocycles. The van der Waals surface area contributed by atoms with E-state index in [1.54, 1.807) is 24.3 Å². The number of benzene rings is 1. The van der Waals surface area contributed by atoms with Crippen molar-refractivity contribution in [1.82, 2.24) is 10.3 Å². The van der Waals surface area contributed by atoms with Crippen molar-refractivity contribution in [3.05, 3.63) is 36.0 Å². The third kappa shape index (κ3) is 2.67. The lowest BCUT2D eigenvalue weighted by molar-refractivity contribution is -0.140. The van der Waals surface area contributed by atoms with Crippen molar-refractivity contribution in [1.29, 1.82) is 0 Å². The molecule has 2 rings (SSSR count). The van der Waals surface area contributed by atoms with E-state index in [1.807, 2.05) is 0 Å². The first-order valence-corrected chi connectivity index (χ1v) is 5.76. The molecule has 0 aliphatic carbocycles. The van der Waals surface area contributed by atoms with E-state index >= 15 is 0 Å². The van der Waals surface area contributed by atoms with Crippen LogP contribution in [0.3, 0.4) is 0 Å². The molecule has 1 unspecified atom stereocenters. The van der Waals surface area contributed by atoms with Gasteiger partial charge in [-0.25, -0.2) is 9.78 Å². The number of nitrogens with one attached hydrogen (secondary N) is 1. The topological polar surface area (TPSA) is 120 Å². The van der Waals surface area contributed by atoms with E-state index in [-0.39, 0.29) is 11.4 Å². The summed E-state index contributed by atoms with van der Waals surface area (Å²) in [6.07, 6.45) is 0. The minimum atomic E-state index is -1.45. The van der Waals surface area contributed by atoms with E-state index in [1.165, 1.54) is 6.07 Å². The van der Waals surface area contributed by atoms with Gasteiger partial charge in [0.15, 0.2) is 11.7 Å². The number of fused-ring (bicyclic) bond motifs is 1. The van der Waals surface area contributed by atoms with Gasteiger partial charge in [0.2, 0.25) is 0 Å². The number of aliphatic hydroxyl groups is 1. The number of para-hydroxylation sites is 1. The number of pyridine rings is 1. The normalized spacial score (nSPS) is 12.1. The maximum absolute atomic E-state index is 11.9. The molecule has 7 heteroatoms. The van der Waals surface area contributed by atoms with E-state index in [4.69, 9.17) is 10.2 Å². The van der Waals surface area contributed by atoms with E-state index in [9.17, 15) is 14.7 Å². The summed E-state index contributed by atoms with van der Waals surface area (Å²) in [6, 6.07) is 6.78. The predicted molar refractivity (Wildman–Crippen MR) is 69.4 cm³/mol. The zero-order valence-corrected chi connectivity index (χ0v) is 10.3. The lowest BCUT2D eigenvalue weighted by Crippen LogP contribution is -2.43. The van der Waals surface area contributed by atoms with Crippen LogP contribution < -0.4 is 5.32 Å². The molecule has 0 aliphatic heterocycles. The number of amides is 1. The molecule has 0 bridgehead atoms. The van der Waals surface area contributed by atoms with E-state index < -0.39 is 24.5 Å². The number of carbonyl (C=O) groups excluding carboxylic acids is 1. The molecular weight excluding hydrogens is 264 g/mol. The number of aliphatic carboxylic acids is 1. The first-order chi connectivity index (χ1) is 9.52. The summed E-state index contributed by atoms with van der Waals surface area (Å²) >= 11 is 0. The average molecular weight is 276 g/mol. The van der Waals surface area contributed by atoms with Crippen LogP contribution in [0.1, 0.15) is 10.5 Å². The number of carboxylic acids is 1. The first-order valence-electron chi connectivity index (χ1n) is 5.76. The first kappa shape index (κ1) is 13.8. The summed E-state index contributed by atoms with van der Waals surface area (Å²) in [6.45, 7) is -0.755. The van der Waals surface area contributed by atoms with Crippen molar-refractivity contribution in [2.75, 3.05) is 6.61 Å². The molecular formula is C13H12N2O5. The van der Waals surface area contributed by atoms with Gasteiger partial charge in [0.1, 0.15) is 5.75 Å². The summed E-state index contributed by atoms with van der Waals surface area (Å²) in [5.74, 6) is -2.60. The third-order valence-electron chi connectivity index (χ3n) is 2.70. The average Bonchev–Trinajstić information content (AvgIpc) is 2.43. The maximum atomic E-state index is 11.9. The maximum Gasteiger partial charge on any atom is 0.328 e. The lowest BCUT2D eigenvalue weighted by atomic mass is 10.2. The lowest BCUT2D eigenvalue weighted by Gasteiger charge is -2.12. The largest absolute Gasteiger partial charge is 0.505 e. The third-order valence-corrected chi connectivity index (χ3v) is 2.70. The molecule has 0 spiro atoms. The van der Waals surface area contributed by atoms with Gasteiger partial charge in [0, 0.05) is 5.39 Å². The fraction of sp³-hybridized carbons (Fsp3) is 0.154. The molecule has 0 saturated heterocycles. The highest BCUT2D eigenvalue weighted by molar-refractivity contribution is 5.99. The molecule has 1 aromatic carbocycles. The van der Waals surface area contributed by atoms with Gasteiger partial charge < -0.3 is 20.6 Å². The van der Waals surface area contributed by atoms with E-state index in [2.05, 4.69) is 10.3 Å². The highest BCUT2D eigenvalue weighted by Gasteiger charge is 2.22. The van der Waals surface area contributed by atoms with Crippen molar-refractivity contribution < 1.29 is 24.9 Å². The smallest absolute Gasteiger partial charge is 0.328 e. The van der Waals surface area contributed by atoms with Crippen LogP contribution in [0.2, 0.25) is 0 Å². The van der Waals surface area contributed by atoms with Crippen LogP contribution in [0.5, 0.6) is 5.75 Å². The van der Waals surface area contributed by atoms with Gasteiger partial charge in [0.25, 0.3) is 5.91 Å². The molecule has 20 heavy (non-hydrogen) atoms. The van der Waals surface area contributed by atoms with Crippen LogP contribution in [0.4, 0.5) is 0 Å². The number of nitrogens with zero attached hydrogens (tertiary/aromatic N) is 1. The number of hydrogen-bond donors (Lipinski definition) is 4.